The molecule has 35 heavy (non-hydrogen) atoms. The number of fused-ring (bicyclic) bond motifs is 3. The summed E-state index contributed by atoms with van der Waals surface area (Å²) in [6.07, 6.45) is -7.38. The van der Waals surface area contributed by atoms with E-state index in [1.807, 2.05) is 48.5 Å². The van der Waals surface area contributed by atoms with Crippen molar-refractivity contribution in [2.24, 2.45) is 5.92 Å². The first kappa shape index (κ1) is 26.1. The maximum atomic E-state index is 13.5. The third-order valence-electron chi connectivity index (χ3n) is 5.76. The lowest BCUT2D eigenvalue weighted by Crippen LogP contribution is -2.50. The van der Waals surface area contributed by atoms with Gasteiger partial charge in [-0.15, -0.1) is 0 Å². The van der Waals surface area contributed by atoms with E-state index in [1.165, 1.54) is 0 Å². The number of hydrogen-bond acceptors (Lipinski definition) is 4. The number of alkyl carbamates (subject to hydrolysis) is 1. The summed E-state index contributed by atoms with van der Waals surface area (Å²) in [5.74, 6) is -2.93. The molecule has 7 nitrogen and oxygen atoms in total. The summed E-state index contributed by atoms with van der Waals surface area (Å²) in [6, 6.07) is 11.2. The number of aliphatic carboxylic acids is 1. The van der Waals surface area contributed by atoms with Crippen LogP contribution in [0.15, 0.2) is 48.5 Å². The fraction of sp³-hybridized carbons (Fsp3) is 0.400. The molecule has 0 bridgehead atoms. The van der Waals surface area contributed by atoms with Gasteiger partial charge in [0.15, 0.2) is 0 Å². The molecule has 0 saturated heterocycles. The molecule has 2 unspecified atom stereocenters. The minimum atomic E-state index is -4.94. The van der Waals surface area contributed by atoms with E-state index in [4.69, 9.17) is 4.74 Å². The van der Waals surface area contributed by atoms with Crippen molar-refractivity contribution >= 4 is 18.0 Å². The molecule has 1 aliphatic carbocycles. The van der Waals surface area contributed by atoms with Crippen LogP contribution >= 0.6 is 0 Å². The van der Waals surface area contributed by atoms with E-state index in [0.29, 0.717) is 0 Å². The largest absolute Gasteiger partial charge is 0.480 e. The van der Waals surface area contributed by atoms with Crippen molar-refractivity contribution in [3.63, 3.8) is 0 Å². The summed E-state index contributed by atoms with van der Waals surface area (Å²) in [6.45, 7) is 3.25. The Balaban J connectivity index is 1.64. The molecule has 2 aromatic rings. The summed E-state index contributed by atoms with van der Waals surface area (Å²) < 4.78 is 45.7. The molecule has 3 rings (SSSR count). The summed E-state index contributed by atoms with van der Waals surface area (Å²) in [4.78, 5) is 35.7. The highest BCUT2D eigenvalue weighted by atomic mass is 19.4. The zero-order valence-corrected chi connectivity index (χ0v) is 19.3. The number of alkyl halides is 3. The average Bonchev–Trinajstić information content (AvgIpc) is 3.09. The molecule has 10 heteroatoms. The lowest BCUT2D eigenvalue weighted by atomic mass is 9.98. The molecule has 3 N–H and O–H groups in total. The fourth-order valence-corrected chi connectivity index (χ4v) is 4.16. The molecular formula is C25H27F3N2O5. The van der Waals surface area contributed by atoms with Crippen LogP contribution < -0.4 is 10.6 Å². The zero-order valence-electron chi connectivity index (χ0n) is 19.3. The van der Waals surface area contributed by atoms with Crippen molar-refractivity contribution in [1.29, 1.82) is 0 Å². The summed E-state index contributed by atoms with van der Waals surface area (Å²) in [5.41, 5.74) is 3.74. The van der Waals surface area contributed by atoms with Crippen LogP contribution in [0.5, 0.6) is 0 Å². The second-order valence-corrected chi connectivity index (χ2v) is 8.86. The van der Waals surface area contributed by atoms with Crippen molar-refractivity contribution in [1.82, 2.24) is 10.6 Å². The highest BCUT2D eigenvalue weighted by Gasteiger charge is 2.43. The number of carbonyl (C=O) groups is 3. The van der Waals surface area contributed by atoms with Gasteiger partial charge in [0.1, 0.15) is 18.7 Å². The van der Waals surface area contributed by atoms with E-state index in [0.717, 1.165) is 22.3 Å². The first-order valence-corrected chi connectivity index (χ1v) is 11.2. The van der Waals surface area contributed by atoms with E-state index < -0.39 is 42.7 Å². The Bertz CT molecular complexity index is 1040. The lowest BCUT2D eigenvalue weighted by Gasteiger charge is -2.23. The summed E-state index contributed by atoms with van der Waals surface area (Å²) in [7, 11) is 0. The van der Waals surface area contributed by atoms with Crippen LogP contribution in [-0.4, -0.2) is 47.9 Å². The standard InChI is InChI=1S/C25H27F3N2O5/c1-14(2)11-20(23(32)33)29-22(31)12-21(25(26,27)28)30-24(34)35-13-19-17-9-5-3-7-15(17)16-8-4-6-10-18(16)19/h3-10,14,19-21H,11-13H2,1-2H3,(H,29,31)(H,30,34)(H,32,33). The van der Waals surface area contributed by atoms with E-state index in [-0.39, 0.29) is 24.9 Å². The molecule has 0 saturated carbocycles. The second kappa shape index (κ2) is 10.8. The number of carboxylic acids is 1. The minimum absolute atomic E-state index is 0.0531. The molecule has 0 spiro atoms. The van der Waals surface area contributed by atoms with E-state index in [9.17, 15) is 32.7 Å². The monoisotopic (exact) mass is 492 g/mol. The Hall–Kier alpha value is -3.56. The van der Waals surface area contributed by atoms with Crippen molar-refractivity contribution in [2.75, 3.05) is 6.61 Å². The Morgan fingerprint density at radius 1 is 0.971 bits per heavy atom. The van der Waals surface area contributed by atoms with Gasteiger partial charge in [0.2, 0.25) is 5.91 Å². The fourth-order valence-electron chi connectivity index (χ4n) is 4.16. The molecule has 2 atom stereocenters. The number of halogens is 3. The quantitative estimate of drug-likeness (QED) is 0.479. The topological polar surface area (TPSA) is 105 Å². The van der Waals surface area contributed by atoms with Gasteiger partial charge < -0.3 is 20.5 Å². The third kappa shape index (κ3) is 6.52. The number of benzene rings is 2. The van der Waals surface area contributed by atoms with E-state index >= 15 is 0 Å². The molecule has 0 aromatic heterocycles. The predicted molar refractivity (Wildman–Crippen MR) is 122 cm³/mol. The Kier molecular flexibility index (Phi) is 8.03. The second-order valence-electron chi connectivity index (χ2n) is 8.86. The van der Waals surface area contributed by atoms with Gasteiger partial charge in [-0.2, -0.15) is 13.2 Å². The van der Waals surface area contributed by atoms with Crippen LogP contribution in [0.3, 0.4) is 0 Å². The van der Waals surface area contributed by atoms with Crippen LogP contribution in [0.4, 0.5) is 18.0 Å². The first-order chi connectivity index (χ1) is 16.5. The number of rotatable bonds is 9. The maximum absolute atomic E-state index is 13.5. The van der Waals surface area contributed by atoms with Gasteiger partial charge in [-0.3, -0.25) is 4.79 Å². The lowest BCUT2D eigenvalue weighted by molar-refractivity contribution is -0.161. The molecule has 2 amide bonds. The van der Waals surface area contributed by atoms with E-state index in [2.05, 4.69) is 5.32 Å². The molecule has 0 radical (unpaired) electrons. The van der Waals surface area contributed by atoms with Crippen molar-refractivity contribution in [2.45, 2.75) is 50.9 Å². The smallest absolute Gasteiger partial charge is 0.409 e. The predicted octanol–water partition coefficient (Wildman–Crippen LogP) is 4.46. The highest BCUT2D eigenvalue weighted by molar-refractivity contribution is 5.84. The van der Waals surface area contributed by atoms with Crippen molar-refractivity contribution in [3.05, 3.63) is 59.7 Å². The van der Waals surface area contributed by atoms with Crippen LogP contribution in [0, 0.1) is 5.92 Å². The van der Waals surface area contributed by atoms with Gasteiger partial charge in [-0.1, -0.05) is 62.4 Å². The van der Waals surface area contributed by atoms with Gasteiger partial charge in [0.25, 0.3) is 0 Å². The van der Waals surface area contributed by atoms with Crippen molar-refractivity contribution in [3.8, 4) is 11.1 Å². The molecule has 0 heterocycles. The van der Waals surface area contributed by atoms with Crippen molar-refractivity contribution < 1.29 is 37.4 Å². The molecule has 0 fully saturated rings. The Morgan fingerprint density at radius 3 is 2.00 bits per heavy atom. The average molecular weight is 492 g/mol. The number of carbonyl (C=O) groups excluding carboxylic acids is 2. The van der Waals surface area contributed by atoms with Crippen LogP contribution in [0.1, 0.15) is 43.7 Å². The molecule has 188 valence electrons. The molecule has 1 aliphatic rings. The van der Waals surface area contributed by atoms with Gasteiger partial charge in [-0.25, -0.2) is 9.59 Å². The normalized spacial score (nSPS) is 14.6. The number of nitrogens with one attached hydrogen (secondary N) is 2. The first-order valence-electron chi connectivity index (χ1n) is 11.2. The Morgan fingerprint density at radius 2 is 1.51 bits per heavy atom. The van der Waals surface area contributed by atoms with Crippen LogP contribution in [0.25, 0.3) is 11.1 Å². The van der Waals surface area contributed by atoms with E-state index in [1.54, 1.807) is 19.2 Å². The van der Waals surface area contributed by atoms with Crippen LogP contribution in [0.2, 0.25) is 0 Å². The van der Waals surface area contributed by atoms with Gasteiger partial charge >= 0.3 is 18.2 Å². The number of ether oxygens (including phenoxy) is 1. The number of hydrogen-bond donors (Lipinski definition) is 3. The van der Waals surface area contributed by atoms with Gasteiger partial charge in [0, 0.05) is 5.92 Å². The minimum Gasteiger partial charge on any atom is -0.480 e. The number of amides is 2. The van der Waals surface area contributed by atoms with Crippen LogP contribution in [-0.2, 0) is 14.3 Å². The molecular weight excluding hydrogens is 465 g/mol. The molecule has 0 aliphatic heterocycles. The molecule has 2 aromatic carbocycles. The number of carboxylic acid groups (broad SMARTS) is 1. The van der Waals surface area contributed by atoms with Gasteiger partial charge in [-0.05, 0) is 34.6 Å². The highest BCUT2D eigenvalue weighted by Crippen LogP contribution is 2.44. The zero-order chi connectivity index (χ0) is 25.8. The Labute approximate surface area is 200 Å². The summed E-state index contributed by atoms with van der Waals surface area (Å²) >= 11 is 0. The third-order valence-corrected chi connectivity index (χ3v) is 5.76. The SMILES string of the molecule is CC(C)CC(NC(=O)CC(NC(=O)OCC1c2ccccc2-c2ccccc21)C(F)(F)F)C(=O)O. The van der Waals surface area contributed by atoms with Gasteiger partial charge in [0.05, 0.1) is 6.42 Å². The maximum Gasteiger partial charge on any atom is 0.409 e. The summed E-state index contributed by atoms with van der Waals surface area (Å²) in [5, 5.41) is 13.0.